The molecule has 0 fully saturated rings. The van der Waals surface area contributed by atoms with E-state index in [4.69, 9.17) is 25.4 Å². The van der Waals surface area contributed by atoms with E-state index in [2.05, 4.69) is 57.1 Å². The lowest BCUT2D eigenvalue weighted by Gasteiger charge is -1.98. The van der Waals surface area contributed by atoms with E-state index in [1.807, 2.05) is 93.0 Å². The van der Waals surface area contributed by atoms with Crippen molar-refractivity contribution < 1.29 is 24.3 Å². The van der Waals surface area contributed by atoms with Crippen LogP contribution in [0, 0.1) is 0 Å². The molecule has 0 amide bonds. The van der Waals surface area contributed by atoms with Crippen LogP contribution in [-0.4, -0.2) is 39.4 Å². The molecule has 0 aliphatic heterocycles. The van der Waals surface area contributed by atoms with Crippen molar-refractivity contribution in [2.24, 2.45) is 30.7 Å². The van der Waals surface area contributed by atoms with Gasteiger partial charge in [-0.2, -0.15) is 30.7 Å². The second kappa shape index (κ2) is 31.2. The number of nitrogens with zero attached hydrogens (tertiary/aromatic N) is 10. The summed E-state index contributed by atoms with van der Waals surface area (Å²) < 4.78 is 12.2. The Balaban J connectivity index is 0.000000223. The van der Waals surface area contributed by atoms with Crippen LogP contribution in [0.1, 0.15) is 20.8 Å². The number of ether oxygens (including phenoxy) is 2. The van der Waals surface area contributed by atoms with E-state index >= 15 is 0 Å². The lowest BCUT2D eigenvalue weighted by atomic mass is 10.3. The molecule has 0 aliphatic rings. The van der Waals surface area contributed by atoms with Gasteiger partial charge in [0.1, 0.15) is 29.5 Å². The number of anilines is 1. The van der Waals surface area contributed by atoms with Crippen LogP contribution < -0.4 is 19.8 Å². The molecule has 0 atom stereocenters. The lowest BCUT2D eigenvalue weighted by molar-refractivity contribution is -0.693. The molecule has 0 spiro atoms. The zero-order valence-corrected chi connectivity index (χ0v) is 37.0. The molecule has 15 heteroatoms. The van der Waals surface area contributed by atoms with Crippen molar-refractivity contribution in [3.05, 3.63) is 201 Å². The number of aryl methyl sites for hydroxylation is 1. The second-order valence-corrected chi connectivity index (χ2v) is 12.4. The summed E-state index contributed by atoms with van der Waals surface area (Å²) in [6.07, 6.45) is 14.0. The average molecular weight is 873 g/mol. The summed E-state index contributed by atoms with van der Waals surface area (Å²) in [5.41, 5.74) is 10.7. The van der Waals surface area contributed by atoms with Crippen LogP contribution in [-0.2, 0) is 6.54 Å². The quantitative estimate of drug-likeness (QED) is 0.0938. The summed E-state index contributed by atoms with van der Waals surface area (Å²) in [5.74, 6) is 2.17. The maximum Gasteiger partial charge on any atom is 0.170 e. The van der Waals surface area contributed by atoms with E-state index in [1.165, 1.54) is 0 Å². The third-order valence-electron chi connectivity index (χ3n) is 7.86. The first-order chi connectivity index (χ1) is 31.8. The Morgan fingerprint density at radius 2 is 0.738 bits per heavy atom. The maximum atomic E-state index is 9.06. The number of azo groups is 3. The van der Waals surface area contributed by atoms with E-state index in [9.17, 15) is 0 Å². The molecule has 0 unspecified atom stereocenters. The zero-order chi connectivity index (χ0) is 46.7. The fourth-order valence-corrected chi connectivity index (χ4v) is 4.50. The number of hydrogen-bond donors (Lipinski definition) is 3. The Morgan fingerprint density at radius 1 is 0.431 bits per heavy atom. The molecule has 4 N–H and O–H groups in total. The summed E-state index contributed by atoms with van der Waals surface area (Å²) in [6, 6.07) is 44.6. The Bertz CT molecular complexity index is 2410. The minimum atomic E-state index is 0.220. The van der Waals surface area contributed by atoms with Gasteiger partial charge in [-0.25, -0.2) is 4.57 Å². The lowest BCUT2D eigenvalue weighted by Crippen LogP contribution is -2.30. The molecule has 8 aromatic rings. The van der Waals surface area contributed by atoms with Crippen LogP contribution in [0.2, 0.25) is 0 Å². The number of benzene rings is 4. The SMILES string of the molecule is CC.CC[n+]1ccc(N=Nc2ccc(OC)cc2)cc1.COc1ccc(N=Nc2ccncc2)cc1.Nc1ccncc1.Oc1ccc(N=Nc2ccncc2)cc1.Oc1ccccc1. The molecule has 15 nitrogen and oxygen atoms in total. The van der Waals surface area contributed by atoms with Gasteiger partial charge in [0.15, 0.2) is 12.4 Å². The van der Waals surface area contributed by atoms with E-state index in [-0.39, 0.29) is 5.75 Å². The fraction of sp³-hybridized carbons (Fsp3) is 0.120. The largest absolute Gasteiger partial charge is 0.508 e. The van der Waals surface area contributed by atoms with Gasteiger partial charge in [0.2, 0.25) is 0 Å². The minimum Gasteiger partial charge on any atom is -0.508 e. The van der Waals surface area contributed by atoms with Crippen LogP contribution in [0.5, 0.6) is 23.0 Å². The van der Waals surface area contributed by atoms with Crippen molar-refractivity contribution in [1.29, 1.82) is 0 Å². The number of phenolic OH excluding ortho intramolecular Hbond substituents is 2. The molecule has 0 saturated heterocycles. The molecular weight excluding hydrogens is 819 g/mol. The van der Waals surface area contributed by atoms with Gasteiger partial charge in [0, 0.05) is 55.0 Å². The van der Waals surface area contributed by atoms with Gasteiger partial charge >= 0.3 is 0 Å². The molecule has 4 aromatic heterocycles. The standard InChI is InChI=1S/C14H16N3O.C12H11N3O.C11H9N3O.C6H6O.C5H6N2.C2H6/c1-3-17-10-8-13(9-11-17)16-15-12-4-6-14(18-2)7-5-12;1-16-12-4-2-10(3-5-12)14-15-11-6-8-13-9-7-11;15-11-3-1-9(2-4-11)13-14-10-5-7-12-8-6-10;7-6-4-2-1-3-5-6;6-5-1-3-7-4-2-5;1-2/h4-11H,3H2,1-2H3;2-9H,1H3;1-8,15H;1-5,7H;1-4H,(H2,6,7);1-2H3/q+1;;;;;. The first kappa shape index (κ1) is 50.6. The predicted molar refractivity (Wildman–Crippen MR) is 256 cm³/mol. The molecule has 0 aliphatic carbocycles. The number of hydrogen-bond acceptors (Lipinski definition) is 14. The summed E-state index contributed by atoms with van der Waals surface area (Å²) in [4.78, 5) is 11.5. The van der Waals surface area contributed by atoms with Gasteiger partial charge < -0.3 is 25.4 Å². The number of aromatic hydroxyl groups is 2. The van der Waals surface area contributed by atoms with Crippen LogP contribution >= 0.6 is 0 Å². The number of para-hydroxylation sites is 1. The van der Waals surface area contributed by atoms with Gasteiger partial charge in [-0.15, -0.1) is 0 Å². The van der Waals surface area contributed by atoms with Crippen molar-refractivity contribution in [3.63, 3.8) is 0 Å². The van der Waals surface area contributed by atoms with Gasteiger partial charge in [0.05, 0.1) is 48.3 Å². The normalized spacial score (nSPS) is 9.98. The molecule has 8 rings (SSSR count). The number of aromatic nitrogens is 4. The van der Waals surface area contributed by atoms with Crippen molar-refractivity contribution in [3.8, 4) is 23.0 Å². The molecular formula is C50H54N11O4+. The van der Waals surface area contributed by atoms with E-state index < -0.39 is 0 Å². The smallest absolute Gasteiger partial charge is 0.170 e. The Labute approximate surface area is 380 Å². The number of pyridine rings is 4. The molecule has 332 valence electrons. The second-order valence-electron chi connectivity index (χ2n) is 12.4. The highest BCUT2D eigenvalue weighted by molar-refractivity contribution is 5.44. The van der Waals surface area contributed by atoms with Gasteiger partial charge in [0.25, 0.3) is 0 Å². The number of rotatable bonds is 9. The number of nitrogen functional groups attached to an aromatic ring is 1. The van der Waals surface area contributed by atoms with Crippen LogP contribution in [0.25, 0.3) is 0 Å². The minimum absolute atomic E-state index is 0.220. The van der Waals surface area contributed by atoms with Gasteiger partial charge in [-0.1, -0.05) is 32.0 Å². The van der Waals surface area contributed by atoms with Crippen molar-refractivity contribution in [2.75, 3.05) is 20.0 Å². The van der Waals surface area contributed by atoms with Crippen LogP contribution in [0.15, 0.2) is 232 Å². The number of methoxy groups -OCH3 is 2. The third-order valence-corrected chi connectivity index (χ3v) is 7.86. The Kier molecular flexibility index (Phi) is 24.3. The Hall–Kier alpha value is -8.72. The van der Waals surface area contributed by atoms with Crippen molar-refractivity contribution in [1.82, 2.24) is 15.0 Å². The third kappa shape index (κ3) is 22.1. The monoisotopic (exact) mass is 872 g/mol. The number of nitrogens with two attached hydrogens (primary N) is 1. The van der Waals surface area contributed by atoms with Crippen LogP contribution in [0.4, 0.5) is 39.8 Å². The molecule has 0 radical (unpaired) electrons. The predicted octanol–water partition coefficient (Wildman–Crippen LogP) is 13.2. The van der Waals surface area contributed by atoms with E-state index in [0.717, 1.165) is 52.2 Å². The van der Waals surface area contributed by atoms with Crippen LogP contribution in [0.3, 0.4) is 0 Å². The summed E-state index contributed by atoms with van der Waals surface area (Å²) in [7, 11) is 3.27. The van der Waals surface area contributed by atoms with E-state index in [0.29, 0.717) is 11.4 Å². The summed E-state index contributed by atoms with van der Waals surface area (Å²) in [5, 5.41) is 42.2. The zero-order valence-electron chi connectivity index (χ0n) is 37.0. The van der Waals surface area contributed by atoms with E-state index in [1.54, 1.807) is 136 Å². The number of phenols is 2. The average Bonchev–Trinajstić information content (AvgIpc) is 3.38. The molecule has 4 aromatic carbocycles. The molecule has 0 saturated carbocycles. The highest BCUT2D eigenvalue weighted by Gasteiger charge is 1.97. The topological polar surface area (TPSA) is 202 Å². The maximum absolute atomic E-state index is 9.06. The highest BCUT2D eigenvalue weighted by atomic mass is 16.5. The van der Waals surface area contributed by atoms with Crippen molar-refractivity contribution >= 4 is 39.8 Å². The summed E-state index contributed by atoms with van der Waals surface area (Å²) >= 11 is 0. The van der Waals surface area contributed by atoms with Gasteiger partial charge in [-0.3, -0.25) is 15.0 Å². The highest BCUT2D eigenvalue weighted by Crippen LogP contribution is 2.22. The molecule has 4 heterocycles. The fourth-order valence-electron chi connectivity index (χ4n) is 4.50. The summed E-state index contributed by atoms with van der Waals surface area (Å²) in [6.45, 7) is 7.05. The first-order valence-electron chi connectivity index (χ1n) is 20.3. The first-order valence-corrected chi connectivity index (χ1v) is 20.3. The van der Waals surface area contributed by atoms with Crippen molar-refractivity contribution in [2.45, 2.75) is 27.3 Å². The molecule has 65 heavy (non-hydrogen) atoms. The Morgan fingerprint density at radius 3 is 1.03 bits per heavy atom. The van der Waals surface area contributed by atoms with Gasteiger partial charge in [-0.05, 0) is 128 Å². The molecule has 0 bridgehead atoms.